The third-order valence-corrected chi connectivity index (χ3v) is 1.55. The molecule has 0 heterocycles. The average Bonchev–Trinajstić information content (AvgIpc) is 1.98. The first-order chi connectivity index (χ1) is 4.81. The second-order valence-electron chi connectivity index (χ2n) is 2.60. The Balaban J connectivity index is 3.34. The summed E-state index contributed by atoms with van der Waals surface area (Å²) in [7, 11) is 0. The third-order valence-electron chi connectivity index (χ3n) is 1.55. The van der Waals surface area contributed by atoms with Gasteiger partial charge in [0.25, 0.3) is 0 Å². The first kappa shape index (κ1) is 9.48. The molecule has 0 aliphatic rings. The SMILES string of the molecule is CC=C(C)CC=CCCC. The van der Waals surface area contributed by atoms with E-state index in [0.717, 1.165) is 6.42 Å². The van der Waals surface area contributed by atoms with Gasteiger partial charge >= 0.3 is 0 Å². The van der Waals surface area contributed by atoms with Gasteiger partial charge in [0, 0.05) is 0 Å². The molecule has 0 bridgehead atoms. The van der Waals surface area contributed by atoms with Crippen LogP contribution in [0.25, 0.3) is 0 Å². The molecule has 0 saturated carbocycles. The molecule has 0 atom stereocenters. The van der Waals surface area contributed by atoms with E-state index in [0.29, 0.717) is 0 Å². The largest absolute Gasteiger partial charge is 0.0884 e. The lowest BCUT2D eigenvalue weighted by Gasteiger charge is -1.90. The molecule has 0 aliphatic carbocycles. The highest BCUT2D eigenvalue weighted by Gasteiger charge is 1.80. The van der Waals surface area contributed by atoms with E-state index in [9.17, 15) is 0 Å². The maximum absolute atomic E-state index is 2.26. The van der Waals surface area contributed by atoms with Crippen molar-refractivity contribution in [2.45, 2.75) is 40.0 Å². The van der Waals surface area contributed by atoms with Crippen molar-refractivity contribution in [3.8, 4) is 0 Å². The summed E-state index contributed by atoms with van der Waals surface area (Å²) < 4.78 is 0. The maximum Gasteiger partial charge on any atom is -0.0142 e. The summed E-state index contributed by atoms with van der Waals surface area (Å²) in [4.78, 5) is 0. The van der Waals surface area contributed by atoms with Gasteiger partial charge < -0.3 is 0 Å². The van der Waals surface area contributed by atoms with E-state index in [4.69, 9.17) is 0 Å². The summed E-state index contributed by atoms with van der Waals surface area (Å²) in [5.41, 5.74) is 1.45. The number of hydrogen-bond donors (Lipinski definition) is 0. The van der Waals surface area contributed by atoms with Crippen LogP contribution in [0, 0.1) is 0 Å². The molecular formula is C10H18. The van der Waals surface area contributed by atoms with E-state index in [2.05, 4.69) is 39.0 Å². The fraction of sp³-hybridized carbons (Fsp3) is 0.600. The summed E-state index contributed by atoms with van der Waals surface area (Å²) in [5.74, 6) is 0. The van der Waals surface area contributed by atoms with Crippen LogP contribution < -0.4 is 0 Å². The van der Waals surface area contributed by atoms with E-state index in [1.54, 1.807) is 0 Å². The molecule has 0 amide bonds. The minimum atomic E-state index is 1.12. The van der Waals surface area contributed by atoms with Gasteiger partial charge in [0.05, 0.1) is 0 Å². The first-order valence-electron chi connectivity index (χ1n) is 4.08. The topological polar surface area (TPSA) is 0 Å². The molecule has 0 fully saturated rings. The molecule has 0 spiro atoms. The molecule has 58 valence electrons. The van der Waals surface area contributed by atoms with Gasteiger partial charge in [-0.15, -0.1) is 0 Å². The Kier molecular flexibility index (Phi) is 6.25. The lowest BCUT2D eigenvalue weighted by Crippen LogP contribution is -1.70. The number of hydrogen-bond acceptors (Lipinski definition) is 0. The molecule has 0 radical (unpaired) electrons. The predicted molar refractivity (Wildman–Crippen MR) is 48.1 cm³/mol. The van der Waals surface area contributed by atoms with Gasteiger partial charge in [-0.25, -0.2) is 0 Å². The Morgan fingerprint density at radius 1 is 1.30 bits per heavy atom. The number of unbranched alkanes of at least 4 members (excludes halogenated alkanes) is 1. The third kappa shape index (κ3) is 5.61. The van der Waals surface area contributed by atoms with Gasteiger partial charge in [-0.1, -0.05) is 37.1 Å². The van der Waals surface area contributed by atoms with Crippen LogP contribution in [-0.2, 0) is 0 Å². The minimum absolute atomic E-state index is 1.12. The summed E-state index contributed by atoms with van der Waals surface area (Å²) in [6.07, 6.45) is 10.3. The first-order valence-corrected chi connectivity index (χ1v) is 4.08. The van der Waals surface area contributed by atoms with E-state index in [1.807, 2.05) is 0 Å². The van der Waals surface area contributed by atoms with Crippen LogP contribution in [0.1, 0.15) is 40.0 Å². The van der Waals surface area contributed by atoms with Crippen LogP contribution in [0.3, 0.4) is 0 Å². The molecule has 0 unspecified atom stereocenters. The monoisotopic (exact) mass is 138 g/mol. The predicted octanol–water partition coefficient (Wildman–Crippen LogP) is 3.70. The fourth-order valence-corrected chi connectivity index (χ4v) is 0.672. The zero-order valence-corrected chi connectivity index (χ0v) is 7.35. The highest BCUT2D eigenvalue weighted by atomic mass is 13.9. The van der Waals surface area contributed by atoms with Crippen molar-refractivity contribution >= 4 is 0 Å². The molecule has 0 aromatic carbocycles. The Bertz CT molecular complexity index is 118. The maximum atomic E-state index is 2.26. The van der Waals surface area contributed by atoms with E-state index < -0.39 is 0 Å². The second kappa shape index (κ2) is 6.60. The van der Waals surface area contributed by atoms with Crippen molar-refractivity contribution in [2.75, 3.05) is 0 Å². The quantitative estimate of drug-likeness (QED) is 0.520. The van der Waals surface area contributed by atoms with Gasteiger partial charge in [0.15, 0.2) is 0 Å². The van der Waals surface area contributed by atoms with Crippen LogP contribution in [0.15, 0.2) is 23.8 Å². The van der Waals surface area contributed by atoms with Crippen molar-refractivity contribution in [2.24, 2.45) is 0 Å². The van der Waals surface area contributed by atoms with Crippen molar-refractivity contribution in [3.63, 3.8) is 0 Å². The molecule has 10 heavy (non-hydrogen) atoms. The van der Waals surface area contributed by atoms with E-state index in [-0.39, 0.29) is 0 Å². The fourth-order valence-electron chi connectivity index (χ4n) is 0.672. The normalized spacial score (nSPS) is 12.9. The average molecular weight is 138 g/mol. The molecule has 0 aromatic rings. The smallest absolute Gasteiger partial charge is 0.0142 e. The van der Waals surface area contributed by atoms with Crippen molar-refractivity contribution in [1.29, 1.82) is 0 Å². The minimum Gasteiger partial charge on any atom is -0.0884 e. The molecule has 0 rings (SSSR count). The summed E-state index contributed by atoms with van der Waals surface area (Å²) >= 11 is 0. The second-order valence-corrected chi connectivity index (χ2v) is 2.60. The molecule has 0 aliphatic heterocycles. The Morgan fingerprint density at radius 3 is 2.50 bits per heavy atom. The Labute approximate surface area is 64.6 Å². The number of allylic oxidation sites excluding steroid dienone is 4. The highest BCUT2D eigenvalue weighted by Crippen LogP contribution is 2.00. The zero-order valence-electron chi connectivity index (χ0n) is 7.35. The van der Waals surface area contributed by atoms with Crippen LogP contribution in [0.4, 0.5) is 0 Å². The molecule has 0 N–H and O–H groups in total. The van der Waals surface area contributed by atoms with Crippen LogP contribution >= 0.6 is 0 Å². The summed E-state index contributed by atoms with van der Waals surface area (Å²) in [6.45, 7) is 6.45. The standard InChI is InChI=1S/C10H18/c1-4-6-7-8-9-10(3)5-2/h5,7-8H,4,6,9H2,1-3H3. The molecule has 0 saturated heterocycles. The Morgan fingerprint density at radius 2 is 2.00 bits per heavy atom. The van der Waals surface area contributed by atoms with Crippen molar-refractivity contribution < 1.29 is 0 Å². The van der Waals surface area contributed by atoms with Crippen molar-refractivity contribution in [1.82, 2.24) is 0 Å². The lowest BCUT2D eigenvalue weighted by molar-refractivity contribution is 0.952. The Hall–Kier alpha value is -0.520. The van der Waals surface area contributed by atoms with Crippen LogP contribution in [-0.4, -0.2) is 0 Å². The lowest BCUT2D eigenvalue weighted by atomic mass is 10.2. The van der Waals surface area contributed by atoms with Gasteiger partial charge in [-0.05, 0) is 26.7 Å². The molecule has 0 aromatic heterocycles. The van der Waals surface area contributed by atoms with Gasteiger partial charge in [-0.3, -0.25) is 0 Å². The van der Waals surface area contributed by atoms with Gasteiger partial charge in [0.2, 0.25) is 0 Å². The van der Waals surface area contributed by atoms with E-state index >= 15 is 0 Å². The zero-order chi connectivity index (χ0) is 7.82. The van der Waals surface area contributed by atoms with Gasteiger partial charge in [0.1, 0.15) is 0 Å². The summed E-state index contributed by atoms with van der Waals surface area (Å²) in [5, 5.41) is 0. The van der Waals surface area contributed by atoms with E-state index in [1.165, 1.54) is 18.4 Å². The van der Waals surface area contributed by atoms with Gasteiger partial charge in [-0.2, -0.15) is 0 Å². The van der Waals surface area contributed by atoms with Crippen LogP contribution in [0.5, 0.6) is 0 Å². The molecule has 0 heteroatoms. The molecule has 0 nitrogen and oxygen atoms in total. The highest BCUT2D eigenvalue weighted by molar-refractivity contribution is 5.02. The molecular weight excluding hydrogens is 120 g/mol. The van der Waals surface area contributed by atoms with Crippen LogP contribution in [0.2, 0.25) is 0 Å². The summed E-state index contributed by atoms with van der Waals surface area (Å²) in [6, 6.07) is 0. The van der Waals surface area contributed by atoms with Crippen molar-refractivity contribution in [3.05, 3.63) is 23.8 Å². The number of rotatable bonds is 4.